The monoisotopic (exact) mass is 456 g/mol. The van der Waals surface area contributed by atoms with Crippen molar-refractivity contribution in [3.05, 3.63) is 12.2 Å². The first-order valence-electron chi connectivity index (χ1n) is 11.5. The van der Waals surface area contributed by atoms with Gasteiger partial charge >= 0.3 is 0 Å². The molecule has 3 rings (SSSR count). The van der Waals surface area contributed by atoms with Gasteiger partial charge in [-0.3, -0.25) is 0 Å². The van der Waals surface area contributed by atoms with E-state index in [2.05, 4.69) is 40.8 Å². The highest BCUT2D eigenvalue weighted by atomic mass is 28.4. The summed E-state index contributed by atoms with van der Waals surface area (Å²) >= 11 is 0. The van der Waals surface area contributed by atoms with Crippen LogP contribution in [0, 0.1) is 17.3 Å². The highest BCUT2D eigenvalue weighted by molar-refractivity contribution is 6.74. The molecule has 6 nitrogen and oxygen atoms in total. The van der Waals surface area contributed by atoms with Gasteiger partial charge < -0.3 is 28.5 Å². The molecule has 2 saturated carbocycles. The van der Waals surface area contributed by atoms with Crippen molar-refractivity contribution in [1.82, 2.24) is 0 Å². The highest BCUT2D eigenvalue weighted by Gasteiger charge is 2.81. The van der Waals surface area contributed by atoms with Crippen molar-refractivity contribution in [1.29, 1.82) is 0 Å². The summed E-state index contributed by atoms with van der Waals surface area (Å²) in [5, 5.41) is 12.3. The summed E-state index contributed by atoms with van der Waals surface area (Å²) < 4.78 is 30.7. The molecule has 3 fully saturated rings. The van der Waals surface area contributed by atoms with E-state index in [0.717, 1.165) is 0 Å². The summed E-state index contributed by atoms with van der Waals surface area (Å²) in [6, 6.07) is 0. The largest absolute Gasteiger partial charge is 0.411 e. The molecule has 2 aliphatic carbocycles. The minimum atomic E-state index is -2.09. The predicted octanol–water partition coefficient (Wildman–Crippen LogP) is 4.48. The first-order valence-corrected chi connectivity index (χ1v) is 14.4. The van der Waals surface area contributed by atoms with Gasteiger partial charge in [0, 0.05) is 25.4 Å². The fourth-order valence-electron chi connectivity index (χ4n) is 5.94. The molecule has 1 saturated heterocycles. The molecule has 0 aromatic rings. The average molecular weight is 457 g/mol. The molecular weight excluding hydrogens is 412 g/mol. The lowest BCUT2D eigenvalue weighted by Gasteiger charge is -2.69. The van der Waals surface area contributed by atoms with E-state index < -0.39 is 30.7 Å². The van der Waals surface area contributed by atoms with Crippen LogP contribution in [0.3, 0.4) is 0 Å². The molecule has 0 aromatic carbocycles. The van der Waals surface area contributed by atoms with Crippen LogP contribution in [0.15, 0.2) is 12.2 Å². The van der Waals surface area contributed by atoms with Gasteiger partial charge in [0.25, 0.3) is 0 Å². The minimum Gasteiger partial charge on any atom is -0.411 e. The summed E-state index contributed by atoms with van der Waals surface area (Å²) in [6.45, 7) is 20.3. The van der Waals surface area contributed by atoms with Gasteiger partial charge in [-0.25, -0.2) is 0 Å². The second kappa shape index (κ2) is 7.89. The third-order valence-electron chi connectivity index (χ3n) is 8.40. The normalized spacial score (nSPS) is 39.6. The van der Waals surface area contributed by atoms with Crippen LogP contribution in [0.5, 0.6) is 0 Å². The molecule has 180 valence electrons. The molecule has 1 spiro atoms. The van der Waals surface area contributed by atoms with Gasteiger partial charge in [0.1, 0.15) is 6.79 Å². The number of ether oxygens (including phenoxy) is 4. The number of aliphatic hydroxyl groups is 1. The molecule has 1 N–H and O–H groups in total. The number of methoxy groups -OCH3 is 1. The zero-order chi connectivity index (χ0) is 23.5. The zero-order valence-corrected chi connectivity index (χ0v) is 22.2. The van der Waals surface area contributed by atoms with E-state index in [1.807, 2.05) is 32.9 Å². The average Bonchev–Trinajstić information content (AvgIpc) is 2.89. The van der Waals surface area contributed by atoms with Gasteiger partial charge in [-0.15, -0.1) is 0 Å². The molecule has 7 heteroatoms. The summed E-state index contributed by atoms with van der Waals surface area (Å²) in [6.07, 6.45) is 4.49. The smallest absolute Gasteiger partial charge is 0.192 e. The van der Waals surface area contributed by atoms with Crippen LogP contribution in [-0.4, -0.2) is 63.6 Å². The Labute approximate surface area is 189 Å². The first kappa shape index (κ1) is 25.3. The Morgan fingerprint density at radius 1 is 1.13 bits per heavy atom. The Bertz CT molecular complexity index is 689. The predicted molar refractivity (Wildman–Crippen MR) is 123 cm³/mol. The van der Waals surface area contributed by atoms with E-state index in [1.165, 1.54) is 0 Å². The standard InChI is InChI=1S/C24H44O6Si/c1-11-12-24(25)19-18(23(24)14-28-21(5,6)29-15-23)17(27-16-26-8)13-22(19,7)30-31(9,10)20(2,3)4/h11-12,17-19,25H,13-16H2,1-10H3/b12-11+/t17-,18-,19-,22-,24-/m0/s1. The Kier molecular flexibility index (Phi) is 6.45. The van der Waals surface area contributed by atoms with E-state index in [0.29, 0.717) is 19.6 Å². The number of hydrogen-bond acceptors (Lipinski definition) is 6. The van der Waals surface area contributed by atoms with Crippen LogP contribution in [0.2, 0.25) is 18.1 Å². The quantitative estimate of drug-likeness (QED) is 0.361. The van der Waals surface area contributed by atoms with Gasteiger partial charge in [-0.1, -0.05) is 32.9 Å². The lowest BCUT2D eigenvalue weighted by atomic mass is 9.42. The van der Waals surface area contributed by atoms with Gasteiger partial charge in [0.15, 0.2) is 14.1 Å². The van der Waals surface area contributed by atoms with E-state index >= 15 is 0 Å². The Hall–Kier alpha value is -0.283. The molecule has 3 aliphatic rings. The van der Waals surface area contributed by atoms with E-state index in [1.54, 1.807) is 7.11 Å². The molecule has 1 aliphatic heterocycles. The van der Waals surface area contributed by atoms with Crippen LogP contribution < -0.4 is 0 Å². The molecule has 0 amide bonds. The minimum absolute atomic E-state index is 0.0507. The fourth-order valence-corrected chi connectivity index (χ4v) is 7.62. The molecule has 0 radical (unpaired) electrons. The van der Waals surface area contributed by atoms with Gasteiger partial charge in [-0.2, -0.15) is 0 Å². The molecule has 0 bridgehead atoms. The third kappa shape index (κ3) is 3.88. The van der Waals surface area contributed by atoms with Crippen molar-refractivity contribution >= 4 is 8.32 Å². The number of allylic oxidation sites excluding steroid dienone is 1. The Morgan fingerprint density at radius 3 is 2.19 bits per heavy atom. The summed E-state index contributed by atoms with van der Waals surface area (Å²) in [7, 11) is -0.456. The molecule has 31 heavy (non-hydrogen) atoms. The summed E-state index contributed by atoms with van der Waals surface area (Å²) in [5.74, 6) is -0.717. The zero-order valence-electron chi connectivity index (χ0n) is 21.2. The topological polar surface area (TPSA) is 66.4 Å². The van der Waals surface area contributed by atoms with Gasteiger partial charge in [0.2, 0.25) is 0 Å². The SMILES string of the molecule is C/C=C/[C@]1(O)[C@H]2[C@H]([C@@H](OCOC)C[C@]2(C)O[Si](C)(C)C(C)(C)C)C12COC(C)(C)OC2. The van der Waals surface area contributed by atoms with Crippen molar-refractivity contribution in [3.8, 4) is 0 Å². The maximum atomic E-state index is 12.2. The summed E-state index contributed by atoms with van der Waals surface area (Å²) in [4.78, 5) is 0. The van der Waals surface area contributed by atoms with E-state index in [9.17, 15) is 5.11 Å². The lowest BCUT2D eigenvalue weighted by Crippen LogP contribution is -2.78. The summed E-state index contributed by atoms with van der Waals surface area (Å²) in [5.41, 5.74) is -2.18. The van der Waals surface area contributed by atoms with Crippen LogP contribution in [-0.2, 0) is 23.4 Å². The van der Waals surface area contributed by atoms with Crippen molar-refractivity contribution in [2.24, 2.45) is 17.3 Å². The van der Waals surface area contributed by atoms with Crippen LogP contribution in [0.25, 0.3) is 0 Å². The second-order valence-electron chi connectivity index (χ2n) is 12.0. The number of rotatable bonds is 6. The van der Waals surface area contributed by atoms with Crippen molar-refractivity contribution in [3.63, 3.8) is 0 Å². The number of fused-ring (bicyclic) bond motifs is 2. The fraction of sp³-hybridized carbons (Fsp3) is 0.917. The van der Waals surface area contributed by atoms with Gasteiger partial charge in [0.05, 0.1) is 35.9 Å². The van der Waals surface area contributed by atoms with Crippen LogP contribution in [0.4, 0.5) is 0 Å². The molecular formula is C24H44O6Si. The maximum Gasteiger partial charge on any atom is 0.192 e. The molecule has 0 unspecified atom stereocenters. The third-order valence-corrected chi connectivity index (χ3v) is 13.0. The second-order valence-corrected chi connectivity index (χ2v) is 16.7. The Balaban J connectivity index is 2.03. The van der Waals surface area contributed by atoms with Crippen molar-refractivity contribution in [2.45, 2.75) is 96.1 Å². The highest BCUT2D eigenvalue weighted by Crippen LogP contribution is 2.71. The molecule has 0 aromatic heterocycles. The lowest BCUT2D eigenvalue weighted by molar-refractivity contribution is -0.379. The van der Waals surface area contributed by atoms with E-state index in [-0.39, 0.29) is 29.8 Å². The Morgan fingerprint density at radius 2 is 1.71 bits per heavy atom. The molecule has 1 heterocycles. The first-order chi connectivity index (χ1) is 14.1. The van der Waals surface area contributed by atoms with Crippen molar-refractivity contribution < 1.29 is 28.5 Å². The van der Waals surface area contributed by atoms with Gasteiger partial charge in [-0.05, 0) is 45.8 Å². The van der Waals surface area contributed by atoms with Crippen LogP contribution >= 0.6 is 0 Å². The maximum absolute atomic E-state index is 12.2. The van der Waals surface area contributed by atoms with Crippen LogP contribution in [0.1, 0.15) is 54.9 Å². The van der Waals surface area contributed by atoms with E-state index in [4.69, 9.17) is 23.4 Å². The number of hydrogen-bond donors (Lipinski definition) is 1. The molecule has 5 atom stereocenters. The van der Waals surface area contributed by atoms with Crippen molar-refractivity contribution in [2.75, 3.05) is 27.1 Å².